The molecule has 2 heterocycles. The van der Waals surface area contributed by atoms with Crippen molar-refractivity contribution in [1.82, 2.24) is 20.5 Å². The highest BCUT2D eigenvalue weighted by Crippen LogP contribution is 2.17. The zero-order valence-corrected chi connectivity index (χ0v) is 14.5. The summed E-state index contributed by atoms with van der Waals surface area (Å²) in [5, 5.41) is 11.2. The van der Waals surface area contributed by atoms with Crippen LogP contribution < -0.4 is 10.1 Å². The number of rotatable bonds is 7. The van der Waals surface area contributed by atoms with Crippen LogP contribution in [-0.4, -0.2) is 42.0 Å². The molecule has 0 unspecified atom stereocenters. The van der Waals surface area contributed by atoms with E-state index < -0.39 is 0 Å². The van der Waals surface area contributed by atoms with Crippen LogP contribution in [0, 0.1) is 12.8 Å². The number of nitrogens with zero attached hydrogens (tertiary/aromatic N) is 3. The fourth-order valence-corrected chi connectivity index (χ4v) is 2.99. The van der Waals surface area contributed by atoms with Gasteiger partial charge in [0.25, 0.3) is 0 Å². The lowest BCUT2D eigenvalue weighted by Crippen LogP contribution is -2.33. The maximum absolute atomic E-state index is 5.92. The molecule has 24 heavy (non-hydrogen) atoms. The van der Waals surface area contributed by atoms with Crippen LogP contribution in [0.4, 0.5) is 0 Å². The lowest BCUT2D eigenvalue weighted by Gasteiger charge is -2.22. The molecule has 6 heteroatoms. The molecule has 0 bridgehead atoms. The van der Waals surface area contributed by atoms with Crippen LogP contribution in [0.2, 0.25) is 0 Å². The predicted molar refractivity (Wildman–Crippen MR) is 91.7 cm³/mol. The van der Waals surface area contributed by atoms with Crippen molar-refractivity contribution in [3.05, 3.63) is 41.2 Å². The van der Waals surface area contributed by atoms with Crippen molar-refractivity contribution in [3.8, 4) is 5.75 Å². The first-order valence-electron chi connectivity index (χ1n) is 8.60. The Balaban J connectivity index is 1.46. The van der Waals surface area contributed by atoms with Crippen LogP contribution in [0.1, 0.15) is 29.8 Å². The third-order valence-corrected chi connectivity index (χ3v) is 4.43. The molecule has 0 spiro atoms. The van der Waals surface area contributed by atoms with Gasteiger partial charge in [0.2, 0.25) is 0 Å². The van der Waals surface area contributed by atoms with E-state index in [1.165, 1.54) is 18.4 Å². The number of nitrogens with one attached hydrogen (secondary N) is 1. The minimum atomic E-state index is 0.629. The highest BCUT2D eigenvalue weighted by Gasteiger charge is 2.13. The van der Waals surface area contributed by atoms with Crippen LogP contribution >= 0.6 is 0 Å². The number of hydrogen-bond donors (Lipinski definition) is 1. The van der Waals surface area contributed by atoms with Crippen molar-refractivity contribution in [2.75, 3.05) is 26.7 Å². The Hall–Kier alpha value is -1.92. The third kappa shape index (κ3) is 4.79. The molecule has 1 aliphatic rings. The molecule has 1 saturated heterocycles. The van der Waals surface area contributed by atoms with Gasteiger partial charge in [-0.05, 0) is 51.1 Å². The van der Waals surface area contributed by atoms with Gasteiger partial charge >= 0.3 is 0 Å². The molecule has 130 valence electrons. The second-order valence-electron chi connectivity index (χ2n) is 6.64. The minimum absolute atomic E-state index is 0.629. The van der Waals surface area contributed by atoms with E-state index in [-0.39, 0.29) is 0 Å². The zero-order chi connectivity index (χ0) is 16.8. The van der Waals surface area contributed by atoms with Crippen LogP contribution in [0.5, 0.6) is 5.75 Å². The van der Waals surface area contributed by atoms with Crippen LogP contribution in [0.25, 0.3) is 0 Å². The largest absolute Gasteiger partial charge is 0.493 e. The van der Waals surface area contributed by atoms with E-state index in [1.54, 1.807) is 0 Å². The Morgan fingerprint density at radius 3 is 2.75 bits per heavy atom. The number of piperidine rings is 1. The average Bonchev–Trinajstić information content (AvgIpc) is 3.00. The smallest absolute Gasteiger partial charge is 0.122 e. The molecular weight excluding hydrogens is 304 g/mol. The fourth-order valence-electron chi connectivity index (χ4n) is 2.99. The van der Waals surface area contributed by atoms with E-state index in [4.69, 9.17) is 9.37 Å². The van der Waals surface area contributed by atoms with Crippen LogP contribution in [-0.2, 0) is 13.1 Å². The summed E-state index contributed by atoms with van der Waals surface area (Å²) in [6.07, 6.45) is 2.51. The van der Waals surface area contributed by atoms with E-state index in [0.29, 0.717) is 5.92 Å². The van der Waals surface area contributed by atoms with Gasteiger partial charge in [-0.2, -0.15) is 0 Å². The van der Waals surface area contributed by atoms with Crippen molar-refractivity contribution in [2.45, 2.75) is 32.9 Å². The molecule has 1 aromatic carbocycles. The summed E-state index contributed by atoms with van der Waals surface area (Å²) in [6, 6.07) is 8.36. The van der Waals surface area contributed by atoms with Crippen LogP contribution in [0.3, 0.4) is 0 Å². The highest BCUT2D eigenvalue weighted by molar-refractivity contribution is 5.27. The number of hydrogen-bond acceptors (Lipinski definition) is 6. The lowest BCUT2D eigenvalue weighted by molar-refractivity contribution is 0.218. The molecule has 1 aliphatic heterocycles. The van der Waals surface area contributed by atoms with Gasteiger partial charge in [0.05, 0.1) is 6.61 Å². The Bertz CT molecular complexity index is 620. The van der Waals surface area contributed by atoms with Crippen molar-refractivity contribution in [2.24, 2.45) is 5.92 Å². The minimum Gasteiger partial charge on any atom is -0.493 e. The molecular formula is C18H26N4O2. The third-order valence-electron chi connectivity index (χ3n) is 4.43. The fraction of sp³-hybridized carbons (Fsp3) is 0.556. The quantitative estimate of drug-likeness (QED) is 0.841. The van der Waals surface area contributed by atoms with Gasteiger partial charge in [0, 0.05) is 25.6 Å². The zero-order valence-electron chi connectivity index (χ0n) is 14.5. The highest BCUT2D eigenvalue weighted by atomic mass is 16.6. The first-order chi connectivity index (χ1) is 11.7. The summed E-state index contributed by atoms with van der Waals surface area (Å²) >= 11 is 0. The topological polar surface area (TPSA) is 63.4 Å². The van der Waals surface area contributed by atoms with Gasteiger partial charge in [-0.3, -0.25) is 4.90 Å². The number of benzene rings is 1. The average molecular weight is 330 g/mol. The van der Waals surface area contributed by atoms with Crippen molar-refractivity contribution in [1.29, 1.82) is 0 Å². The molecule has 0 saturated carbocycles. The van der Waals surface area contributed by atoms with Crippen molar-refractivity contribution in [3.63, 3.8) is 0 Å². The Morgan fingerprint density at radius 1 is 1.25 bits per heavy atom. The number of aryl methyl sites for hydroxylation is 1. The molecule has 1 N–H and O–H groups in total. The summed E-state index contributed by atoms with van der Waals surface area (Å²) in [5.74, 6) is 1.58. The molecule has 0 amide bonds. The Morgan fingerprint density at radius 2 is 2.08 bits per heavy atom. The molecule has 6 nitrogen and oxygen atoms in total. The van der Waals surface area contributed by atoms with Gasteiger partial charge in [-0.1, -0.05) is 22.4 Å². The van der Waals surface area contributed by atoms with Gasteiger partial charge in [0.15, 0.2) is 0 Å². The number of ether oxygens (including phenoxy) is 1. The van der Waals surface area contributed by atoms with Gasteiger partial charge in [0.1, 0.15) is 17.1 Å². The number of aromatic nitrogens is 2. The lowest BCUT2D eigenvalue weighted by atomic mass is 10.0. The van der Waals surface area contributed by atoms with E-state index in [1.807, 2.05) is 6.92 Å². The predicted octanol–water partition coefficient (Wildman–Crippen LogP) is 2.39. The maximum Gasteiger partial charge on any atom is 0.122 e. The molecule has 1 atom stereocenters. The van der Waals surface area contributed by atoms with E-state index in [0.717, 1.165) is 49.9 Å². The summed E-state index contributed by atoms with van der Waals surface area (Å²) in [4.78, 5) is 2.19. The molecule has 2 aromatic rings. The molecule has 0 aliphatic carbocycles. The summed E-state index contributed by atoms with van der Waals surface area (Å²) in [6.45, 7) is 6.49. The Labute approximate surface area is 143 Å². The van der Waals surface area contributed by atoms with Crippen LogP contribution in [0.15, 0.2) is 28.9 Å². The van der Waals surface area contributed by atoms with Gasteiger partial charge in [-0.15, -0.1) is 0 Å². The van der Waals surface area contributed by atoms with Crippen molar-refractivity contribution < 1.29 is 9.37 Å². The molecule has 1 aromatic heterocycles. The molecule has 3 rings (SSSR count). The van der Waals surface area contributed by atoms with E-state index >= 15 is 0 Å². The summed E-state index contributed by atoms with van der Waals surface area (Å²) in [7, 11) is 2.06. The van der Waals surface area contributed by atoms with E-state index in [2.05, 4.69) is 51.8 Å². The monoisotopic (exact) mass is 330 g/mol. The molecule has 1 fully saturated rings. The standard InChI is InChI=1S/C18H26N4O2/c1-14-18(21-24-20-14)12-22(2)11-15-5-7-17(8-6-15)23-13-16-4-3-9-19-10-16/h5-8,16,19H,3-4,9-13H2,1-2H3/t16-/m0/s1. The van der Waals surface area contributed by atoms with Crippen molar-refractivity contribution >= 4 is 0 Å². The second kappa shape index (κ2) is 8.26. The first-order valence-corrected chi connectivity index (χ1v) is 8.60. The first kappa shape index (κ1) is 16.9. The van der Waals surface area contributed by atoms with Gasteiger partial charge in [-0.25, -0.2) is 4.63 Å². The summed E-state index contributed by atoms with van der Waals surface area (Å²) < 4.78 is 10.7. The van der Waals surface area contributed by atoms with Gasteiger partial charge < -0.3 is 10.1 Å². The molecule has 0 radical (unpaired) electrons. The maximum atomic E-state index is 5.92. The normalized spacial score (nSPS) is 18.0. The summed E-state index contributed by atoms with van der Waals surface area (Å²) in [5.41, 5.74) is 2.99. The Kier molecular flexibility index (Phi) is 5.82. The van der Waals surface area contributed by atoms with E-state index in [9.17, 15) is 0 Å². The second-order valence-corrected chi connectivity index (χ2v) is 6.64. The SMILES string of the molecule is Cc1nonc1CN(C)Cc1ccc(OC[C@H]2CCCNC2)cc1.